The molecule has 7 nitrogen and oxygen atoms in total. The maximum absolute atomic E-state index is 10.2. The van der Waals surface area contributed by atoms with E-state index in [1.807, 2.05) is 11.8 Å². The molecule has 0 bridgehead atoms. The Hall–Kier alpha value is -1.38. The minimum atomic E-state index is -0.264. The maximum Gasteiger partial charge on any atom is 0.155 e. The summed E-state index contributed by atoms with van der Waals surface area (Å²) in [4.78, 5) is 10.4. The number of hydrogen-bond acceptors (Lipinski definition) is 7. The first kappa shape index (κ1) is 15.5. The molecule has 0 unspecified atom stereocenters. The molecule has 2 aromatic heterocycles. The Morgan fingerprint density at radius 1 is 1.41 bits per heavy atom. The molecule has 0 radical (unpaired) electrons. The van der Waals surface area contributed by atoms with Crippen molar-refractivity contribution < 1.29 is 5.11 Å². The summed E-state index contributed by atoms with van der Waals surface area (Å²) in [6, 6.07) is 0. The van der Waals surface area contributed by atoms with Crippen molar-refractivity contribution >= 4 is 28.6 Å². The second-order valence-electron chi connectivity index (χ2n) is 6.06. The number of aromatic amines is 1. The van der Waals surface area contributed by atoms with E-state index in [4.69, 9.17) is 5.73 Å². The summed E-state index contributed by atoms with van der Waals surface area (Å²) in [6.45, 7) is 6.63. The number of anilines is 1. The number of nitrogens with one attached hydrogen (secondary N) is 1. The van der Waals surface area contributed by atoms with E-state index in [9.17, 15) is 5.11 Å². The van der Waals surface area contributed by atoms with Gasteiger partial charge in [-0.05, 0) is 5.25 Å². The number of β-amino-alcohol motifs (C(OH)–C–C–N with tert-alkyl or cyclic N) is 1. The van der Waals surface area contributed by atoms with Crippen LogP contribution in [0.3, 0.4) is 0 Å². The quantitative estimate of drug-likeness (QED) is 0.750. The summed E-state index contributed by atoms with van der Waals surface area (Å²) in [5, 5.41) is 18.0. The fourth-order valence-electron chi connectivity index (χ4n) is 2.78. The van der Waals surface area contributed by atoms with E-state index in [1.54, 1.807) is 0 Å². The third-order valence-electron chi connectivity index (χ3n) is 3.95. The Morgan fingerprint density at radius 2 is 2.23 bits per heavy atom. The van der Waals surface area contributed by atoms with E-state index in [0.717, 1.165) is 23.5 Å². The molecule has 1 saturated heterocycles. The minimum absolute atomic E-state index is 0.264. The molecule has 1 fully saturated rings. The summed E-state index contributed by atoms with van der Waals surface area (Å²) in [7, 11) is 0. The maximum atomic E-state index is 10.2. The second kappa shape index (κ2) is 6.39. The number of aromatic nitrogens is 4. The van der Waals surface area contributed by atoms with E-state index < -0.39 is 0 Å². The number of aliphatic hydroxyl groups excluding tert-OH is 1. The van der Waals surface area contributed by atoms with Crippen LogP contribution in [-0.2, 0) is 6.54 Å². The van der Waals surface area contributed by atoms with Gasteiger partial charge >= 0.3 is 0 Å². The Labute approximate surface area is 133 Å². The molecular weight excluding hydrogens is 300 g/mol. The van der Waals surface area contributed by atoms with Gasteiger partial charge in [0.1, 0.15) is 11.8 Å². The van der Waals surface area contributed by atoms with Crippen molar-refractivity contribution in [1.82, 2.24) is 25.1 Å². The van der Waals surface area contributed by atoms with Gasteiger partial charge in [-0.2, -0.15) is 16.9 Å². The molecule has 0 aliphatic carbocycles. The minimum Gasteiger partial charge on any atom is -0.391 e. The molecule has 2 atom stereocenters. The van der Waals surface area contributed by atoms with Crippen molar-refractivity contribution in [2.75, 3.05) is 24.6 Å². The van der Waals surface area contributed by atoms with Gasteiger partial charge in [-0.25, -0.2) is 9.97 Å². The second-order valence-corrected chi connectivity index (χ2v) is 7.67. The van der Waals surface area contributed by atoms with Crippen molar-refractivity contribution in [3.63, 3.8) is 0 Å². The first-order valence-corrected chi connectivity index (χ1v) is 8.55. The van der Waals surface area contributed by atoms with E-state index in [-0.39, 0.29) is 6.10 Å². The normalized spacial score (nSPS) is 22.9. The van der Waals surface area contributed by atoms with Gasteiger partial charge in [-0.15, -0.1) is 0 Å². The van der Waals surface area contributed by atoms with Crippen molar-refractivity contribution in [1.29, 1.82) is 0 Å². The van der Waals surface area contributed by atoms with E-state index in [1.165, 1.54) is 6.33 Å². The number of nitrogens with two attached hydrogens (primary N) is 1. The van der Waals surface area contributed by atoms with Gasteiger partial charge in [0.15, 0.2) is 11.3 Å². The van der Waals surface area contributed by atoms with Crippen LogP contribution in [0.25, 0.3) is 11.0 Å². The average Bonchev–Trinajstić information content (AvgIpc) is 3.02. The lowest BCUT2D eigenvalue weighted by molar-refractivity contribution is 0.149. The molecule has 4 N–H and O–H groups in total. The first-order valence-electron chi connectivity index (χ1n) is 7.50. The number of H-pyrrole nitrogens is 1. The zero-order valence-corrected chi connectivity index (χ0v) is 13.7. The molecule has 22 heavy (non-hydrogen) atoms. The smallest absolute Gasteiger partial charge is 0.155 e. The number of nitrogen functional groups attached to an aromatic ring is 1. The van der Waals surface area contributed by atoms with Crippen LogP contribution in [0.4, 0.5) is 5.82 Å². The molecule has 120 valence electrons. The Balaban J connectivity index is 1.67. The number of likely N-dealkylation sites (tertiary alicyclic amines) is 1. The number of fused-ring (bicyclic) bond motifs is 1. The standard InChI is InChI=1S/C14H22N6OS/c1-8(2)22-6-9-3-20(5-11(9)21)4-10-12-13(19-18-10)14(15)17-7-16-12/h7-9,11,21H,3-6H2,1-2H3,(H,18,19)(H2,15,16,17)/t9-,11+/m0/s1. The number of rotatable bonds is 5. The zero-order valence-electron chi connectivity index (χ0n) is 12.9. The van der Waals surface area contributed by atoms with Crippen LogP contribution >= 0.6 is 11.8 Å². The van der Waals surface area contributed by atoms with Crippen LogP contribution in [0.1, 0.15) is 19.5 Å². The molecule has 3 rings (SSSR count). The Morgan fingerprint density at radius 3 is 3.00 bits per heavy atom. The SMILES string of the molecule is CC(C)SC[C@@H]1CN(Cc2[nH]nc3c(N)ncnc23)C[C@H]1O. The molecule has 2 aromatic rings. The summed E-state index contributed by atoms with van der Waals surface area (Å²) in [6.07, 6.45) is 1.19. The lowest BCUT2D eigenvalue weighted by Gasteiger charge is -2.15. The van der Waals surface area contributed by atoms with Crippen molar-refractivity contribution in [2.24, 2.45) is 5.92 Å². The van der Waals surface area contributed by atoms with Gasteiger partial charge in [-0.3, -0.25) is 10.00 Å². The van der Waals surface area contributed by atoms with Crippen LogP contribution in [0.2, 0.25) is 0 Å². The highest BCUT2D eigenvalue weighted by Gasteiger charge is 2.31. The Bertz CT molecular complexity index is 645. The lowest BCUT2D eigenvalue weighted by Crippen LogP contribution is -2.21. The van der Waals surface area contributed by atoms with Gasteiger partial charge < -0.3 is 10.8 Å². The van der Waals surface area contributed by atoms with Gasteiger partial charge in [0.2, 0.25) is 0 Å². The van der Waals surface area contributed by atoms with Gasteiger partial charge in [0.05, 0.1) is 11.8 Å². The van der Waals surface area contributed by atoms with Crippen molar-refractivity contribution in [3.8, 4) is 0 Å². The summed E-state index contributed by atoms with van der Waals surface area (Å²) >= 11 is 1.90. The molecule has 1 aliphatic rings. The lowest BCUT2D eigenvalue weighted by atomic mass is 10.1. The van der Waals surface area contributed by atoms with Crippen LogP contribution in [0.15, 0.2) is 6.33 Å². The largest absolute Gasteiger partial charge is 0.391 e. The van der Waals surface area contributed by atoms with E-state index in [2.05, 4.69) is 38.9 Å². The van der Waals surface area contributed by atoms with E-state index in [0.29, 0.717) is 35.6 Å². The number of hydrogen-bond donors (Lipinski definition) is 3. The van der Waals surface area contributed by atoms with Crippen LogP contribution in [-0.4, -0.2) is 60.4 Å². The molecule has 0 aromatic carbocycles. The third kappa shape index (κ3) is 3.18. The molecule has 1 aliphatic heterocycles. The van der Waals surface area contributed by atoms with E-state index >= 15 is 0 Å². The highest BCUT2D eigenvalue weighted by molar-refractivity contribution is 7.99. The fourth-order valence-corrected chi connectivity index (χ4v) is 3.74. The highest BCUT2D eigenvalue weighted by atomic mass is 32.2. The van der Waals surface area contributed by atoms with Crippen LogP contribution in [0.5, 0.6) is 0 Å². The molecule has 0 saturated carbocycles. The van der Waals surface area contributed by atoms with Crippen molar-refractivity contribution in [2.45, 2.75) is 31.7 Å². The number of thioether (sulfide) groups is 1. The average molecular weight is 322 g/mol. The summed E-state index contributed by atoms with van der Waals surface area (Å²) in [5.41, 5.74) is 8.10. The predicted molar refractivity (Wildman–Crippen MR) is 88.5 cm³/mol. The molecule has 3 heterocycles. The third-order valence-corrected chi connectivity index (χ3v) is 5.23. The highest BCUT2D eigenvalue weighted by Crippen LogP contribution is 2.26. The molecule has 8 heteroatoms. The van der Waals surface area contributed by atoms with Gasteiger partial charge in [0.25, 0.3) is 0 Å². The number of nitrogens with zero attached hydrogens (tertiary/aromatic N) is 4. The van der Waals surface area contributed by atoms with Crippen LogP contribution in [0, 0.1) is 5.92 Å². The summed E-state index contributed by atoms with van der Waals surface area (Å²) < 4.78 is 0. The van der Waals surface area contributed by atoms with Crippen LogP contribution < -0.4 is 5.73 Å². The first-order chi connectivity index (χ1) is 10.5. The zero-order chi connectivity index (χ0) is 15.7. The predicted octanol–water partition coefficient (Wildman–Crippen LogP) is 0.869. The summed E-state index contributed by atoms with van der Waals surface area (Å²) in [5.74, 6) is 1.70. The monoisotopic (exact) mass is 322 g/mol. The Kier molecular flexibility index (Phi) is 4.51. The molecule has 0 spiro atoms. The topological polar surface area (TPSA) is 104 Å². The fraction of sp³-hybridized carbons (Fsp3) is 0.643. The van der Waals surface area contributed by atoms with Gasteiger partial charge in [0, 0.05) is 31.3 Å². The van der Waals surface area contributed by atoms with Gasteiger partial charge in [-0.1, -0.05) is 13.8 Å². The van der Waals surface area contributed by atoms with Crippen molar-refractivity contribution in [3.05, 3.63) is 12.0 Å². The molecule has 0 amide bonds. The number of aliphatic hydroxyl groups is 1. The molecular formula is C14H22N6OS.